The van der Waals surface area contributed by atoms with Crippen molar-refractivity contribution in [2.24, 2.45) is 0 Å². The van der Waals surface area contributed by atoms with Crippen LogP contribution in [0.3, 0.4) is 0 Å². The Kier molecular flexibility index (Phi) is 10.8. The van der Waals surface area contributed by atoms with Gasteiger partial charge in [0.2, 0.25) is 0 Å². The molecule has 4 aromatic rings. The van der Waals surface area contributed by atoms with Gasteiger partial charge in [-0.1, -0.05) is 108 Å². The van der Waals surface area contributed by atoms with E-state index in [2.05, 4.69) is 0 Å². The number of hydrogen-bond acceptors (Lipinski definition) is 4. The summed E-state index contributed by atoms with van der Waals surface area (Å²) < 4.78 is 11.5. The Balaban J connectivity index is 1.47. The van der Waals surface area contributed by atoms with Crippen LogP contribution in [0, 0.1) is 0 Å². The van der Waals surface area contributed by atoms with Gasteiger partial charge in [-0.15, -0.1) is 0 Å². The van der Waals surface area contributed by atoms with Crippen molar-refractivity contribution in [3.63, 3.8) is 0 Å². The minimum atomic E-state index is -0.219. The normalized spacial score (nSPS) is 10.6. The SMILES string of the molecule is O=C(COc1ccccc1Cl)N(CCN(Cc1ccccc1)C(=O)COc1ccccc1Cl)Cc1ccccc1. The van der Waals surface area contributed by atoms with Gasteiger partial charge in [-0.05, 0) is 35.4 Å². The largest absolute Gasteiger partial charge is 0.482 e. The summed E-state index contributed by atoms with van der Waals surface area (Å²) >= 11 is 12.4. The van der Waals surface area contributed by atoms with Gasteiger partial charge in [-0.2, -0.15) is 0 Å². The molecule has 8 heteroatoms. The number of carbonyl (C=O) groups is 2. The summed E-state index contributed by atoms with van der Waals surface area (Å²) in [6.45, 7) is 0.969. The van der Waals surface area contributed by atoms with Crippen molar-refractivity contribution < 1.29 is 19.1 Å². The molecule has 4 aromatic carbocycles. The molecule has 6 nitrogen and oxygen atoms in total. The van der Waals surface area contributed by atoms with E-state index in [-0.39, 0.29) is 25.0 Å². The predicted molar refractivity (Wildman–Crippen MR) is 158 cm³/mol. The van der Waals surface area contributed by atoms with Gasteiger partial charge in [0, 0.05) is 26.2 Å². The molecule has 0 aliphatic carbocycles. The van der Waals surface area contributed by atoms with Gasteiger partial charge in [-0.25, -0.2) is 0 Å². The first-order chi connectivity index (χ1) is 19.5. The molecule has 0 aliphatic heterocycles. The van der Waals surface area contributed by atoms with E-state index in [0.29, 0.717) is 47.7 Å². The monoisotopic (exact) mass is 576 g/mol. The summed E-state index contributed by atoms with van der Waals surface area (Å²) in [5.74, 6) is 0.441. The number of rotatable bonds is 13. The fraction of sp³-hybridized carbons (Fsp3) is 0.188. The zero-order chi connectivity index (χ0) is 28.2. The van der Waals surface area contributed by atoms with Crippen LogP contribution in [0.15, 0.2) is 109 Å². The summed E-state index contributed by atoms with van der Waals surface area (Å²) in [5, 5.41) is 0.867. The highest BCUT2D eigenvalue weighted by Crippen LogP contribution is 2.24. The summed E-state index contributed by atoms with van der Waals surface area (Å²) in [5.41, 5.74) is 1.94. The number of halogens is 2. The zero-order valence-electron chi connectivity index (χ0n) is 21.9. The minimum Gasteiger partial charge on any atom is -0.482 e. The van der Waals surface area contributed by atoms with Gasteiger partial charge in [0.15, 0.2) is 13.2 Å². The Morgan fingerprint density at radius 1 is 0.525 bits per heavy atom. The Morgan fingerprint density at radius 2 is 0.875 bits per heavy atom. The smallest absolute Gasteiger partial charge is 0.260 e. The Labute approximate surface area is 244 Å². The molecule has 0 unspecified atom stereocenters. The number of nitrogens with zero attached hydrogens (tertiary/aromatic N) is 2. The van der Waals surface area contributed by atoms with Gasteiger partial charge in [-0.3, -0.25) is 9.59 Å². The maximum absolute atomic E-state index is 13.3. The Morgan fingerprint density at radius 3 is 1.25 bits per heavy atom. The van der Waals surface area contributed by atoms with Crippen molar-refractivity contribution in [3.05, 3.63) is 130 Å². The van der Waals surface area contributed by atoms with Gasteiger partial charge in [0.25, 0.3) is 11.8 Å². The molecule has 40 heavy (non-hydrogen) atoms. The van der Waals surface area contributed by atoms with Crippen LogP contribution in [0.5, 0.6) is 11.5 Å². The maximum atomic E-state index is 13.3. The minimum absolute atomic E-state index is 0.182. The highest BCUT2D eigenvalue weighted by molar-refractivity contribution is 6.32. The maximum Gasteiger partial charge on any atom is 0.260 e. The first-order valence-electron chi connectivity index (χ1n) is 12.9. The fourth-order valence-electron chi connectivity index (χ4n) is 4.02. The molecule has 0 aliphatic rings. The predicted octanol–water partition coefficient (Wildman–Crippen LogP) is 6.51. The first-order valence-corrected chi connectivity index (χ1v) is 13.6. The van der Waals surface area contributed by atoms with Crippen molar-refractivity contribution >= 4 is 35.0 Å². The number of amides is 2. The van der Waals surface area contributed by atoms with Crippen molar-refractivity contribution in [1.29, 1.82) is 0 Å². The van der Waals surface area contributed by atoms with E-state index in [4.69, 9.17) is 32.7 Å². The average Bonchev–Trinajstić information content (AvgIpc) is 2.98. The van der Waals surface area contributed by atoms with Crippen LogP contribution < -0.4 is 9.47 Å². The second kappa shape index (κ2) is 15.0. The second-order valence-electron chi connectivity index (χ2n) is 9.04. The summed E-state index contributed by atoms with van der Waals surface area (Å²) in [7, 11) is 0. The second-order valence-corrected chi connectivity index (χ2v) is 9.85. The van der Waals surface area contributed by atoms with E-state index < -0.39 is 0 Å². The molecular formula is C32H30Cl2N2O4. The number of benzene rings is 4. The zero-order valence-corrected chi connectivity index (χ0v) is 23.4. The van der Waals surface area contributed by atoms with E-state index in [1.54, 1.807) is 58.3 Å². The summed E-state index contributed by atoms with van der Waals surface area (Å²) in [6, 6.07) is 33.4. The highest BCUT2D eigenvalue weighted by Gasteiger charge is 2.21. The third-order valence-electron chi connectivity index (χ3n) is 6.15. The van der Waals surface area contributed by atoms with Crippen molar-refractivity contribution in [2.45, 2.75) is 13.1 Å². The lowest BCUT2D eigenvalue weighted by atomic mass is 10.2. The van der Waals surface area contributed by atoms with Gasteiger partial charge in [0.05, 0.1) is 10.0 Å². The molecule has 0 bridgehead atoms. The number of hydrogen-bond donors (Lipinski definition) is 0. The Hall–Kier alpha value is -4.00. The molecule has 0 saturated carbocycles. The number of carbonyl (C=O) groups excluding carboxylic acids is 2. The molecule has 0 fully saturated rings. The van der Waals surface area contributed by atoms with Gasteiger partial charge < -0.3 is 19.3 Å². The van der Waals surface area contributed by atoms with Crippen LogP contribution in [0.1, 0.15) is 11.1 Å². The fourth-order valence-corrected chi connectivity index (χ4v) is 4.40. The lowest BCUT2D eigenvalue weighted by Gasteiger charge is -2.28. The molecule has 206 valence electrons. The van der Waals surface area contributed by atoms with Gasteiger partial charge >= 0.3 is 0 Å². The van der Waals surface area contributed by atoms with E-state index in [1.165, 1.54) is 0 Å². The van der Waals surface area contributed by atoms with Crippen molar-refractivity contribution in [2.75, 3.05) is 26.3 Å². The van der Waals surface area contributed by atoms with E-state index in [1.807, 2.05) is 60.7 Å². The standard InChI is InChI=1S/C32H30Cl2N2O4/c33-27-15-7-9-17-29(27)39-23-31(37)35(21-25-11-3-1-4-12-25)19-20-36(22-26-13-5-2-6-14-26)32(38)24-40-30-18-10-8-16-28(30)34/h1-18H,19-24H2. The summed E-state index contributed by atoms with van der Waals surface area (Å²) in [4.78, 5) is 30.0. The average molecular weight is 578 g/mol. The third-order valence-corrected chi connectivity index (χ3v) is 6.78. The molecule has 0 spiro atoms. The van der Waals surface area contributed by atoms with Crippen molar-refractivity contribution in [3.8, 4) is 11.5 Å². The molecule has 0 aromatic heterocycles. The molecule has 0 radical (unpaired) electrons. The molecule has 0 N–H and O–H groups in total. The number of para-hydroxylation sites is 2. The highest BCUT2D eigenvalue weighted by atomic mass is 35.5. The lowest BCUT2D eigenvalue weighted by Crippen LogP contribution is -2.43. The van der Waals surface area contributed by atoms with E-state index in [9.17, 15) is 9.59 Å². The number of ether oxygens (including phenoxy) is 2. The lowest BCUT2D eigenvalue weighted by molar-refractivity contribution is -0.138. The van der Waals surface area contributed by atoms with Crippen molar-refractivity contribution in [1.82, 2.24) is 9.80 Å². The van der Waals surface area contributed by atoms with Crippen LogP contribution in [-0.2, 0) is 22.7 Å². The van der Waals surface area contributed by atoms with Crippen LogP contribution in [-0.4, -0.2) is 47.9 Å². The summed E-state index contributed by atoms with van der Waals surface area (Å²) in [6.07, 6.45) is 0. The van der Waals surface area contributed by atoms with E-state index >= 15 is 0 Å². The molecule has 0 saturated heterocycles. The quantitative estimate of drug-likeness (QED) is 0.182. The molecule has 2 amide bonds. The molecule has 4 rings (SSSR count). The van der Waals surface area contributed by atoms with Crippen LogP contribution in [0.2, 0.25) is 10.0 Å². The van der Waals surface area contributed by atoms with Crippen LogP contribution in [0.25, 0.3) is 0 Å². The van der Waals surface area contributed by atoms with Crippen LogP contribution in [0.4, 0.5) is 0 Å². The van der Waals surface area contributed by atoms with E-state index in [0.717, 1.165) is 11.1 Å². The molecule has 0 atom stereocenters. The first kappa shape index (κ1) is 29.0. The van der Waals surface area contributed by atoms with Crippen LogP contribution >= 0.6 is 23.2 Å². The molecule has 0 heterocycles. The topological polar surface area (TPSA) is 59.1 Å². The molecular weight excluding hydrogens is 547 g/mol. The Bertz CT molecular complexity index is 1280. The van der Waals surface area contributed by atoms with Gasteiger partial charge in [0.1, 0.15) is 11.5 Å². The third kappa shape index (κ3) is 8.76.